The minimum Gasteiger partial charge on any atom is -0.481 e. The third kappa shape index (κ3) is 5.15. The SMILES string of the molecule is O=C(O)CC1(N2CCC(N[C@@H]3CC3c3ccccc3)CC2)CN(CCC(F)(F)F)C1. The van der Waals surface area contributed by atoms with Crippen LogP contribution in [-0.4, -0.2) is 77.4 Å². The molecule has 0 amide bonds. The molecule has 5 nitrogen and oxygen atoms in total. The van der Waals surface area contributed by atoms with Gasteiger partial charge in [-0.2, -0.15) is 13.2 Å². The average Bonchev–Trinajstić information content (AvgIpc) is 3.43. The molecule has 3 fully saturated rings. The Bertz CT molecular complexity index is 729. The van der Waals surface area contributed by atoms with Crippen molar-refractivity contribution < 1.29 is 23.1 Å². The fourth-order valence-corrected chi connectivity index (χ4v) is 5.21. The molecule has 2 N–H and O–H groups in total. The molecule has 0 bridgehead atoms. The van der Waals surface area contributed by atoms with E-state index in [-0.39, 0.29) is 13.0 Å². The molecule has 0 aromatic heterocycles. The number of carboxylic acid groups (broad SMARTS) is 1. The lowest BCUT2D eigenvalue weighted by atomic mass is 9.82. The molecule has 2 atom stereocenters. The molecule has 1 aromatic rings. The predicted molar refractivity (Wildman–Crippen MR) is 107 cm³/mol. The van der Waals surface area contributed by atoms with Crippen LogP contribution in [-0.2, 0) is 4.79 Å². The maximum absolute atomic E-state index is 12.5. The summed E-state index contributed by atoms with van der Waals surface area (Å²) in [5, 5.41) is 13.1. The Morgan fingerprint density at radius 3 is 2.43 bits per heavy atom. The topological polar surface area (TPSA) is 55.8 Å². The van der Waals surface area contributed by atoms with Crippen LogP contribution in [0.3, 0.4) is 0 Å². The summed E-state index contributed by atoms with van der Waals surface area (Å²) < 4.78 is 37.5. The van der Waals surface area contributed by atoms with Crippen molar-refractivity contribution in [3.63, 3.8) is 0 Å². The van der Waals surface area contributed by atoms with Gasteiger partial charge in [-0.1, -0.05) is 30.3 Å². The number of hydrogen-bond acceptors (Lipinski definition) is 4. The van der Waals surface area contributed by atoms with E-state index >= 15 is 0 Å². The van der Waals surface area contributed by atoms with E-state index in [0.717, 1.165) is 32.4 Å². The lowest BCUT2D eigenvalue weighted by Gasteiger charge is -2.57. The maximum atomic E-state index is 12.5. The summed E-state index contributed by atoms with van der Waals surface area (Å²) >= 11 is 0. The van der Waals surface area contributed by atoms with Crippen LogP contribution in [0, 0.1) is 0 Å². The predicted octanol–water partition coefficient (Wildman–Crippen LogP) is 3.08. The van der Waals surface area contributed by atoms with Gasteiger partial charge in [0, 0.05) is 50.7 Å². The van der Waals surface area contributed by atoms with Crippen LogP contribution < -0.4 is 5.32 Å². The molecule has 1 aromatic carbocycles. The quantitative estimate of drug-likeness (QED) is 0.671. The van der Waals surface area contributed by atoms with Crippen molar-refractivity contribution in [1.82, 2.24) is 15.1 Å². The first-order valence-corrected chi connectivity index (χ1v) is 10.8. The number of likely N-dealkylation sites (tertiary alicyclic amines) is 2. The van der Waals surface area contributed by atoms with Gasteiger partial charge in [-0.3, -0.25) is 14.6 Å². The molecule has 0 radical (unpaired) electrons. The van der Waals surface area contributed by atoms with Gasteiger partial charge >= 0.3 is 12.1 Å². The van der Waals surface area contributed by atoms with Crippen LogP contribution >= 0.6 is 0 Å². The fourth-order valence-electron chi connectivity index (χ4n) is 5.21. The lowest BCUT2D eigenvalue weighted by molar-refractivity contribution is -0.157. The van der Waals surface area contributed by atoms with Crippen molar-refractivity contribution in [3.8, 4) is 0 Å². The number of nitrogens with one attached hydrogen (secondary N) is 1. The molecule has 2 heterocycles. The number of rotatable bonds is 8. The van der Waals surface area contributed by atoms with Crippen LogP contribution in [0.5, 0.6) is 0 Å². The van der Waals surface area contributed by atoms with E-state index in [1.165, 1.54) is 5.56 Å². The number of benzene rings is 1. The van der Waals surface area contributed by atoms with Gasteiger partial charge in [0.2, 0.25) is 0 Å². The molecule has 8 heteroatoms. The minimum atomic E-state index is -4.17. The number of halogens is 3. The molecule has 2 saturated heterocycles. The van der Waals surface area contributed by atoms with E-state index in [0.29, 0.717) is 31.1 Å². The summed E-state index contributed by atoms with van der Waals surface area (Å²) in [7, 11) is 0. The van der Waals surface area contributed by atoms with Gasteiger partial charge in [0.25, 0.3) is 0 Å². The normalized spacial score (nSPS) is 27.6. The van der Waals surface area contributed by atoms with Crippen LogP contribution in [0.25, 0.3) is 0 Å². The van der Waals surface area contributed by atoms with E-state index in [1.54, 1.807) is 4.90 Å². The van der Waals surface area contributed by atoms with E-state index < -0.39 is 24.1 Å². The zero-order valence-electron chi connectivity index (χ0n) is 17.1. The summed E-state index contributed by atoms with van der Waals surface area (Å²) in [4.78, 5) is 15.4. The Morgan fingerprint density at radius 2 is 1.83 bits per heavy atom. The van der Waals surface area contributed by atoms with E-state index in [9.17, 15) is 23.1 Å². The zero-order chi connectivity index (χ0) is 21.4. The van der Waals surface area contributed by atoms with Crippen molar-refractivity contribution in [1.29, 1.82) is 0 Å². The van der Waals surface area contributed by atoms with Gasteiger partial charge in [-0.15, -0.1) is 0 Å². The second-order valence-corrected chi connectivity index (χ2v) is 9.16. The van der Waals surface area contributed by atoms with Gasteiger partial charge in [-0.25, -0.2) is 0 Å². The van der Waals surface area contributed by atoms with Gasteiger partial charge in [-0.05, 0) is 24.8 Å². The number of nitrogens with zero attached hydrogens (tertiary/aromatic N) is 2. The van der Waals surface area contributed by atoms with Crippen LogP contribution in [0.1, 0.15) is 43.6 Å². The first-order valence-electron chi connectivity index (χ1n) is 10.8. The first-order chi connectivity index (χ1) is 14.2. The molecular weight excluding hydrogens is 395 g/mol. The third-order valence-corrected chi connectivity index (χ3v) is 6.86. The highest BCUT2D eigenvalue weighted by atomic mass is 19.4. The highest BCUT2D eigenvalue weighted by Gasteiger charge is 2.50. The summed E-state index contributed by atoms with van der Waals surface area (Å²) in [5.41, 5.74) is 0.857. The van der Waals surface area contributed by atoms with E-state index in [4.69, 9.17) is 0 Å². The van der Waals surface area contributed by atoms with Gasteiger partial charge in [0.1, 0.15) is 0 Å². The smallest absolute Gasteiger partial charge is 0.390 e. The lowest BCUT2D eigenvalue weighted by Crippen LogP contribution is -2.72. The van der Waals surface area contributed by atoms with Crippen molar-refractivity contribution >= 4 is 5.97 Å². The molecule has 3 aliphatic rings. The number of aliphatic carboxylic acids is 1. The molecule has 0 spiro atoms. The summed E-state index contributed by atoms with van der Waals surface area (Å²) in [6, 6.07) is 11.4. The zero-order valence-corrected chi connectivity index (χ0v) is 17.1. The largest absolute Gasteiger partial charge is 0.481 e. The van der Waals surface area contributed by atoms with Crippen molar-refractivity contribution in [3.05, 3.63) is 35.9 Å². The Morgan fingerprint density at radius 1 is 1.17 bits per heavy atom. The Kier molecular flexibility index (Phi) is 6.10. The summed E-state index contributed by atoms with van der Waals surface area (Å²) in [5.74, 6) is -0.300. The van der Waals surface area contributed by atoms with E-state index in [1.807, 2.05) is 6.07 Å². The second kappa shape index (κ2) is 8.48. The first kappa shape index (κ1) is 21.6. The number of alkyl halides is 3. The molecule has 1 aliphatic carbocycles. The number of piperidine rings is 1. The number of carboxylic acids is 1. The van der Waals surface area contributed by atoms with Crippen LogP contribution in [0.15, 0.2) is 30.3 Å². The monoisotopic (exact) mass is 425 g/mol. The van der Waals surface area contributed by atoms with Gasteiger partial charge < -0.3 is 10.4 Å². The standard InChI is InChI=1S/C22H30F3N3O2/c23-22(24,25)8-11-27-14-21(15-27,13-20(29)30)28-9-6-17(7-10-28)26-19-12-18(19)16-4-2-1-3-5-16/h1-5,17-19,26H,6-15H2,(H,29,30)/t18?,19-/m1/s1. The highest BCUT2D eigenvalue weighted by molar-refractivity contribution is 5.69. The molecule has 166 valence electrons. The Labute approximate surface area is 175 Å². The molecule has 4 rings (SSSR count). The van der Waals surface area contributed by atoms with Gasteiger partial charge in [0.05, 0.1) is 18.4 Å². The van der Waals surface area contributed by atoms with Crippen LogP contribution in [0.4, 0.5) is 13.2 Å². The Balaban J connectivity index is 1.25. The molecule has 1 unspecified atom stereocenters. The van der Waals surface area contributed by atoms with Crippen LogP contribution in [0.2, 0.25) is 0 Å². The van der Waals surface area contributed by atoms with Crippen molar-refractivity contribution in [2.45, 2.75) is 61.8 Å². The van der Waals surface area contributed by atoms with Crippen molar-refractivity contribution in [2.75, 3.05) is 32.7 Å². The molecule has 30 heavy (non-hydrogen) atoms. The van der Waals surface area contributed by atoms with E-state index in [2.05, 4.69) is 34.5 Å². The van der Waals surface area contributed by atoms with Crippen molar-refractivity contribution in [2.24, 2.45) is 0 Å². The molecular formula is C22H30F3N3O2. The number of hydrogen-bond donors (Lipinski definition) is 2. The third-order valence-electron chi connectivity index (χ3n) is 6.86. The fraction of sp³-hybridized carbons (Fsp3) is 0.682. The second-order valence-electron chi connectivity index (χ2n) is 9.16. The molecule has 2 aliphatic heterocycles. The maximum Gasteiger partial charge on any atom is 0.390 e. The average molecular weight is 425 g/mol. The summed E-state index contributed by atoms with van der Waals surface area (Å²) in [6.07, 6.45) is -1.97. The number of carbonyl (C=O) groups is 1. The minimum absolute atomic E-state index is 0.00762. The van der Waals surface area contributed by atoms with Gasteiger partial charge in [0.15, 0.2) is 0 Å². The Hall–Kier alpha value is -1.64. The summed E-state index contributed by atoms with van der Waals surface area (Å²) in [6.45, 7) is 2.35. The highest BCUT2D eigenvalue weighted by Crippen LogP contribution is 2.42. The molecule has 1 saturated carbocycles.